The van der Waals surface area contributed by atoms with E-state index in [1.54, 1.807) is 0 Å². The zero-order chi connectivity index (χ0) is 10.9. The lowest BCUT2D eigenvalue weighted by Gasteiger charge is -2.04. The van der Waals surface area contributed by atoms with Crippen molar-refractivity contribution < 1.29 is 27.6 Å². The molecule has 0 saturated heterocycles. The molecule has 1 rings (SSSR count). The van der Waals surface area contributed by atoms with Crippen molar-refractivity contribution in [2.45, 2.75) is 13.1 Å². The number of alkyl halides is 3. The Labute approximate surface area is 76.3 Å². The minimum atomic E-state index is -4.75. The summed E-state index contributed by atoms with van der Waals surface area (Å²) in [5.74, 6) is -2.73. The highest BCUT2D eigenvalue weighted by molar-refractivity contribution is 5.94. The highest BCUT2D eigenvalue weighted by atomic mass is 19.4. The van der Waals surface area contributed by atoms with Gasteiger partial charge in [0.05, 0.1) is 5.56 Å². The number of carbonyl (C=O) groups excluding carboxylic acids is 1. The van der Waals surface area contributed by atoms with Gasteiger partial charge in [0, 0.05) is 0 Å². The molecule has 0 spiro atoms. The highest BCUT2D eigenvalue weighted by Gasteiger charge is 2.39. The van der Waals surface area contributed by atoms with Gasteiger partial charge in [-0.25, -0.2) is 5.48 Å². The Morgan fingerprint density at radius 2 is 2.14 bits per heavy atom. The molecule has 1 heterocycles. The maximum atomic E-state index is 12.2. The Hall–Kier alpha value is -1.50. The highest BCUT2D eigenvalue weighted by Crippen LogP contribution is 2.33. The van der Waals surface area contributed by atoms with E-state index in [4.69, 9.17) is 5.21 Å². The fraction of sp³-hybridized carbons (Fsp3) is 0.286. The number of hydrogen-bond donors (Lipinski definition) is 2. The van der Waals surface area contributed by atoms with Crippen molar-refractivity contribution in [1.29, 1.82) is 0 Å². The molecular weight excluding hydrogens is 203 g/mol. The summed E-state index contributed by atoms with van der Waals surface area (Å²) in [7, 11) is 0. The summed E-state index contributed by atoms with van der Waals surface area (Å²) in [5, 5.41) is 8.18. The van der Waals surface area contributed by atoms with Gasteiger partial charge < -0.3 is 4.42 Å². The minimum absolute atomic E-state index is 0.0593. The van der Waals surface area contributed by atoms with Crippen LogP contribution in [0.3, 0.4) is 0 Å². The number of furan rings is 1. The van der Waals surface area contributed by atoms with Crippen LogP contribution in [-0.2, 0) is 6.18 Å². The summed E-state index contributed by atoms with van der Waals surface area (Å²) in [6.07, 6.45) is -4.75. The van der Waals surface area contributed by atoms with E-state index in [1.165, 1.54) is 6.92 Å². The van der Waals surface area contributed by atoms with Gasteiger partial charge >= 0.3 is 6.18 Å². The molecule has 0 bridgehead atoms. The average molecular weight is 209 g/mol. The van der Waals surface area contributed by atoms with Crippen LogP contribution >= 0.6 is 0 Å². The van der Waals surface area contributed by atoms with Crippen LogP contribution in [-0.4, -0.2) is 11.1 Å². The van der Waals surface area contributed by atoms with E-state index in [9.17, 15) is 18.0 Å². The average Bonchev–Trinajstić information content (AvgIpc) is 2.45. The summed E-state index contributed by atoms with van der Waals surface area (Å²) in [5.41, 5.74) is 0.370. The van der Waals surface area contributed by atoms with Crippen LogP contribution in [0.5, 0.6) is 0 Å². The van der Waals surface area contributed by atoms with Crippen molar-refractivity contribution in [3.63, 3.8) is 0 Å². The first kappa shape index (κ1) is 10.6. The van der Waals surface area contributed by atoms with Crippen molar-refractivity contribution in [1.82, 2.24) is 5.48 Å². The Morgan fingerprint density at radius 1 is 1.57 bits per heavy atom. The fourth-order valence-corrected chi connectivity index (χ4v) is 0.954. The largest absolute Gasteiger partial charge is 0.456 e. The van der Waals surface area contributed by atoms with E-state index in [2.05, 4.69) is 4.42 Å². The number of rotatable bonds is 1. The zero-order valence-corrected chi connectivity index (χ0v) is 6.97. The van der Waals surface area contributed by atoms with E-state index in [0.29, 0.717) is 0 Å². The number of hydrogen-bond acceptors (Lipinski definition) is 3. The second-order valence-corrected chi connectivity index (χ2v) is 2.54. The van der Waals surface area contributed by atoms with Gasteiger partial charge in [0.25, 0.3) is 5.91 Å². The molecule has 0 aliphatic carbocycles. The third-order valence-electron chi connectivity index (χ3n) is 1.46. The van der Waals surface area contributed by atoms with Crippen LogP contribution in [0.25, 0.3) is 0 Å². The van der Waals surface area contributed by atoms with Gasteiger partial charge in [0.2, 0.25) is 5.76 Å². The molecule has 7 heteroatoms. The van der Waals surface area contributed by atoms with Crippen molar-refractivity contribution in [3.05, 3.63) is 23.2 Å². The van der Waals surface area contributed by atoms with Crippen LogP contribution < -0.4 is 5.48 Å². The van der Waals surface area contributed by atoms with E-state index < -0.39 is 23.4 Å². The van der Waals surface area contributed by atoms with Gasteiger partial charge in [0.1, 0.15) is 5.76 Å². The van der Waals surface area contributed by atoms with Gasteiger partial charge in [-0.05, 0) is 13.0 Å². The Balaban J connectivity index is 3.23. The normalized spacial score (nSPS) is 11.5. The molecule has 2 N–H and O–H groups in total. The summed E-state index contributed by atoms with van der Waals surface area (Å²) in [4.78, 5) is 10.8. The summed E-state index contributed by atoms with van der Waals surface area (Å²) in [6.45, 7) is 1.27. The molecule has 1 aromatic rings. The summed E-state index contributed by atoms with van der Waals surface area (Å²) < 4.78 is 40.9. The van der Waals surface area contributed by atoms with Crippen LogP contribution in [0, 0.1) is 6.92 Å². The lowest BCUT2D eigenvalue weighted by molar-refractivity contribution is -0.153. The van der Waals surface area contributed by atoms with Gasteiger partial charge in [-0.1, -0.05) is 0 Å². The third-order valence-corrected chi connectivity index (χ3v) is 1.46. The molecule has 0 fully saturated rings. The van der Waals surface area contributed by atoms with Crippen molar-refractivity contribution in [2.75, 3.05) is 0 Å². The zero-order valence-electron chi connectivity index (χ0n) is 6.97. The molecule has 78 valence electrons. The van der Waals surface area contributed by atoms with E-state index in [-0.39, 0.29) is 5.76 Å². The molecular formula is C7H6F3NO3. The van der Waals surface area contributed by atoms with Gasteiger partial charge in [-0.2, -0.15) is 13.2 Å². The minimum Gasteiger partial charge on any atom is -0.456 e. The van der Waals surface area contributed by atoms with Gasteiger partial charge in [-0.3, -0.25) is 10.0 Å². The molecule has 14 heavy (non-hydrogen) atoms. The molecule has 0 aromatic carbocycles. The Kier molecular flexibility index (Phi) is 2.52. The van der Waals surface area contributed by atoms with Crippen LogP contribution in [0.2, 0.25) is 0 Å². The molecule has 0 atom stereocenters. The summed E-state index contributed by atoms with van der Waals surface area (Å²) >= 11 is 0. The number of hydroxylamine groups is 1. The first-order chi connectivity index (χ1) is 6.36. The van der Waals surface area contributed by atoms with E-state index in [1.807, 2.05) is 0 Å². The third kappa shape index (κ3) is 1.87. The van der Waals surface area contributed by atoms with Gasteiger partial charge in [-0.15, -0.1) is 0 Å². The maximum Gasteiger partial charge on any atom is 0.450 e. The Morgan fingerprint density at radius 3 is 2.57 bits per heavy atom. The quantitative estimate of drug-likeness (QED) is 0.546. The van der Waals surface area contributed by atoms with Crippen molar-refractivity contribution >= 4 is 5.91 Å². The number of carbonyl (C=O) groups is 1. The molecule has 1 amide bonds. The topological polar surface area (TPSA) is 62.5 Å². The molecule has 4 nitrogen and oxygen atoms in total. The monoisotopic (exact) mass is 209 g/mol. The Bertz CT molecular complexity index is 356. The number of halogens is 3. The van der Waals surface area contributed by atoms with Crippen LogP contribution in [0.4, 0.5) is 13.2 Å². The van der Waals surface area contributed by atoms with Crippen molar-refractivity contribution in [2.24, 2.45) is 0 Å². The predicted octanol–water partition coefficient (Wildman–Crippen LogP) is 1.73. The molecule has 0 aliphatic rings. The van der Waals surface area contributed by atoms with Crippen LogP contribution in [0.1, 0.15) is 21.9 Å². The summed E-state index contributed by atoms with van der Waals surface area (Å²) in [6, 6.07) is 0.897. The first-order valence-electron chi connectivity index (χ1n) is 3.48. The SMILES string of the molecule is Cc1cc(C(=O)NO)c(C(F)(F)F)o1. The molecule has 0 aliphatic heterocycles. The molecule has 0 radical (unpaired) electrons. The first-order valence-corrected chi connectivity index (χ1v) is 3.48. The van der Waals surface area contributed by atoms with Gasteiger partial charge in [0.15, 0.2) is 0 Å². The lowest BCUT2D eigenvalue weighted by Crippen LogP contribution is -2.21. The molecule has 0 saturated carbocycles. The van der Waals surface area contributed by atoms with E-state index in [0.717, 1.165) is 11.5 Å². The second-order valence-electron chi connectivity index (χ2n) is 2.54. The lowest BCUT2D eigenvalue weighted by atomic mass is 10.2. The molecule has 1 aromatic heterocycles. The maximum absolute atomic E-state index is 12.2. The van der Waals surface area contributed by atoms with Crippen molar-refractivity contribution in [3.8, 4) is 0 Å². The van der Waals surface area contributed by atoms with E-state index >= 15 is 0 Å². The number of aryl methyl sites for hydroxylation is 1. The number of nitrogens with one attached hydrogen (secondary N) is 1. The smallest absolute Gasteiger partial charge is 0.450 e. The van der Waals surface area contributed by atoms with Crippen LogP contribution in [0.15, 0.2) is 10.5 Å². The fourth-order valence-electron chi connectivity index (χ4n) is 0.954. The predicted molar refractivity (Wildman–Crippen MR) is 37.7 cm³/mol. The standard InChI is InChI=1S/C7H6F3NO3/c1-3-2-4(6(12)11-13)5(14-3)7(8,9)10/h2,13H,1H3,(H,11,12). The second kappa shape index (κ2) is 3.33. The number of amides is 1. The molecule has 0 unspecified atom stereocenters.